The fourth-order valence-corrected chi connectivity index (χ4v) is 7.27. The summed E-state index contributed by atoms with van der Waals surface area (Å²) < 4.78 is 0. The van der Waals surface area contributed by atoms with Crippen LogP contribution in [0.4, 0.5) is 45.5 Å². The van der Waals surface area contributed by atoms with Gasteiger partial charge in [-0.1, -0.05) is 128 Å². The van der Waals surface area contributed by atoms with Crippen LogP contribution >= 0.6 is 0 Å². The Kier molecular flexibility index (Phi) is 13.2. The van der Waals surface area contributed by atoms with Gasteiger partial charge in [-0.25, -0.2) is 0 Å². The highest BCUT2D eigenvalue weighted by Crippen LogP contribution is 2.38. The first kappa shape index (κ1) is 41.6. The fraction of sp³-hybridized carbons (Fsp3) is 0.214. The second-order valence-electron chi connectivity index (χ2n) is 16.9. The topological polar surface area (TPSA) is 31.2 Å². The molecule has 7 aromatic rings. The molecule has 0 heterocycles. The zero-order valence-electron chi connectivity index (χ0n) is 36.4. The van der Waals surface area contributed by atoms with Crippen molar-refractivity contribution in [2.75, 3.05) is 9.80 Å². The van der Waals surface area contributed by atoms with E-state index < -0.39 is 0 Å². The van der Waals surface area contributed by atoms with Crippen LogP contribution in [-0.2, 0) is 0 Å². The molecule has 4 nitrogen and oxygen atoms in total. The summed E-state index contributed by atoms with van der Waals surface area (Å²) in [5.74, 6) is 1.94. The summed E-state index contributed by atoms with van der Waals surface area (Å²) in [6, 6.07) is 60.9. The Morgan fingerprint density at radius 2 is 0.483 bits per heavy atom. The number of benzene rings is 7. The van der Waals surface area contributed by atoms with Crippen molar-refractivity contribution in [2.45, 2.75) is 79.1 Å². The molecule has 0 radical (unpaired) electrons. The molecule has 60 heavy (non-hydrogen) atoms. The van der Waals surface area contributed by atoms with Crippen molar-refractivity contribution in [1.82, 2.24) is 0 Å². The highest BCUT2D eigenvalue weighted by molar-refractivity contribution is 5.87. The monoisotopic (exact) mass is 786 g/mol. The molecule has 0 N–H and O–H groups in total. The Morgan fingerprint density at radius 3 is 0.683 bits per heavy atom. The van der Waals surface area contributed by atoms with Gasteiger partial charge in [0, 0.05) is 46.6 Å². The molecule has 7 aromatic carbocycles. The minimum Gasteiger partial charge on any atom is -0.311 e. The molecule has 0 fully saturated rings. The van der Waals surface area contributed by atoms with Gasteiger partial charge in [-0.2, -0.15) is 0 Å². The predicted octanol–water partition coefficient (Wildman–Crippen LogP) is 16.6. The number of nitrogens with zero attached hydrogens (tertiary/aromatic N) is 4. The van der Waals surface area contributed by atoms with E-state index >= 15 is 0 Å². The van der Waals surface area contributed by atoms with Crippen LogP contribution in [0, 0.1) is 0 Å². The number of anilines is 6. The molecular weight excluding hydrogens is 729 g/mol. The van der Waals surface area contributed by atoms with Crippen molar-refractivity contribution in [3.05, 3.63) is 203 Å². The van der Waals surface area contributed by atoms with Gasteiger partial charge in [-0.15, -0.1) is 0 Å². The molecule has 0 amide bonds. The first-order valence-corrected chi connectivity index (χ1v) is 21.4. The van der Waals surface area contributed by atoms with E-state index in [2.05, 4.69) is 235 Å². The van der Waals surface area contributed by atoms with Crippen molar-refractivity contribution in [1.29, 1.82) is 0 Å². The summed E-state index contributed by atoms with van der Waals surface area (Å²) in [7, 11) is 0. The Labute approximate surface area is 358 Å². The van der Waals surface area contributed by atoms with Gasteiger partial charge in [0.15, 0.2) is 0 Å². The molecule has 4 heteroatoms. The highest BCUT2D eigenvalue weighted by Gasteiger charge is 2.15. The molecule has 0 aliphatic carbocycles. The van der Waals surface area contributed by atoms with Crippen molar-refractivity contribution in [3.8, 4) is 0 Å². The molecule has 0 bridgehead atoms. The maximum Gasteiger partial charge on any atom is 0.0631 e. The van der Waals surface area contributed by atoms with Gasteiger partial charge in [0.05, 0.1) is 11.4 Å². The number of hydrogen-bond donors (Lipinski definition) is 0. The average Bonchev–Trinajstić information content (AvgIpc) is 3.27. The van der Waals surface area contributed by atoms with E-state index in [4.69, 9.17) is 9.98 Å². The first-order valence-electron chi connectivity index (χ1n) is 21.4. The van der Waals surface area contributed by atoms with Gasteiger partial charge in [0.1, 0.15) is 0 Å². The average molecular weight is 787 g/mol. The van der Waals surface area contributed by atoms with Gasteiger partial charge >= 0.3 is 0 Å². The van der Waals surface area contributed by atoms with Crippen LogP contribution in [0.3, 0.4) is 0 Å². The second kappa shape index (κ2) is 19.0. The summed E-state index contributed by atoms with van der Waals surface area (Å²) in [5.41, 5.74) is 15.9. The second-order valence-corrected chi connectivity index (χ2v) is 16.9. The number of aliphatic imine (C=N–C) groups is 2. The summed E-state index contributed by atoms with van der Waals surface area (Å²) in [4.78, 5) is 14.3. The summed E-state index contributed by atoms with van der Waals surface area (Å²) in [6.45, 7) is 17.9. The van der Waals surface area contributed by atoms with Crippen LogP contribution in [0.15, 0.2) is 180 Å². The molecule has 302 valence electrons. The third kappa shape index (κ3) is 10.2. The zero-order chi connectivity index (χ0) is 42.2. The third-order valence-corrected chi connectivity index (χ3v) is 11.1. The van der Waals surface area contributed by atoms with Crippen molar-refractivity contribution >= 4 is 57.9 Å². The van der Waals surface area contributed by atoms with Crippen LogP contribution in [-0.4, -0.2) is 12.4 Å². The molecule has 0 spiro atoms. The summed E-state index contributed by atoms with van der Waals surface area (Å²) in [5, 5.41) is 0. The van der Waals surface area contributed by atoms with Gasteiger partial charge in [0.2, 0.25) is 0 Å². The fourth-order valence-electron chi connectivity index (χ4n) is 7.27. The number of hydrogen-bond acceptors (Lipinski definition) is 4. The van der Waals surface area contributed by atoms with Crippen LogP contribution < -0.4 is 9.80 Å². The van der Waals surface area contributed by atoms with Crippen molar-refractivity contribution in [3.63, 3.8) is 0 Å². The summed E-state index contributed by atoms with van der Waals surface area (Å²) >= 11 is 0. The predicted molar refractivity (Wildman–Crippen MR) is 260 cm³/mol. The first-order chi connectivity index (χ1) is 29.0. The lowest BCUT2D eigenvalue weighted by Gasteiger charge is -2.26. The normalized spacial score (nSPS) is 11.8. The third-order valence-electron chi connectivity index (χ3n) is 11.1. The molecule has 0 unspecified atom stereocenters. The Hall–Kier alpha value is -6.52. The lowest BCUT2D eigenvalue weighted by Crippen LogP contribution is -2.10. The van der Waals surface area contributed by atoms with Crippen LogP contribution in [0.25, 0.3) is 0 Å². The van der Waals surface area contributed by atoms with E-state index in [-0.39, 0.29) is 0 Å². The Balaban J connectivity index is 1.03. The van der Waals surface area contributed by atoms with Gasteiger partial charge in [-0.05, 0) is 154 Å². The highest BCUT2D eigenvalue weighted by atomic mass is 15.1. The van der Waals surface area contributed by atoms with Gasteiger partial charge in [-0.3, -0.25) is 9.98 Å². The summed E-state index contributed by atoms with van der Waals surface area (Å²) in [6.07, 6.45) is 3.83. The van der Waals surface area contributed by atoms with Crippen LogP contribution in [0.1, 0.15) is 112 Å². The van der Waals surface area contributed by atoms with Crippen molar-refractivity contribution in [2.24, 2.45) is 9.98 Å². The Bertz CT molecular complexity index is 2190. The SMILES string of the molecule is CC(C)c1ccc(N(c2ccc(N=Cc3ccc(C=Nc4ccc(N(c5ccc(C(C)C)cc5)c5ccc(C(C)C)cc5)cc4)cc3)cc2)c2ccc(C(C)C)cc2)cc1. The Morgan fingerprint density at radius 1 is 0.283 bits per heavy atom. The maximum absolute atomic E-state index is 4.82. The largest absolute Gasteiger partial charge is 0.311 e. The van der Waals surface area contributed by atoms with Gasteiger partial charge in [0.25, 0.3) is 0 Å². The van der Waals surface area contributed by atoms with E-state index in [1.807, 2.05) is 12.4 Å². The molecule has 7 rings (SSSR count). The molecule has 0 saturated carbocycles. The van der Waals surface area contributed by atoms with E-state index in [1.54, 1.807) is 0 Å². The van der Waals surface area contributed by atoms with Gasteiger partial charge < -0.3 is 9.80 Å². The van der Waals surface area contributed by atoms with E-state index in [0.29, 0.717) is 23.7 Å². The van der Waals surface area contributed by atoms with E-state index in [9.17, 15) is 0 Å². The van der Waals surface area contributed by atoms with Crippen LogP contribution in [0.5, 0.6) is 0 Å². The maximum atomic E-state index is 4.82. The smallest absolute Gasteiger partial charge is 0.0631 e. The molecule has 0 aliphatic rings. The number of rotatable bonds is 14. The minimum absolute atomic E-state index is 0.485. The quantitative estimate of drug-likeness (QED) is 0.103. The molecule has 0 aromatic heterocycles. The minimum atomic E-state index is 0.485. The molecule has 0 saturated heterocycles. The molecule has 0 aliphatic heterocycles. The standard InChI is InChI=1S/C56H58N4/c1-39(2)45-13-25-51(26-14-45)59(52-27-15-46(16-28-52)40(3)4)55-33-21-49(22-34-55)57-37-43-9-11-44(12-10-43)38-58-50-23-35-56(36-24-50)60(53-29-17-47(18-30-53)41(5)6)54-31-19-48(20-32-54)42(7)8/h9-42H,1-8H3. The lowest BCUT2D eigenvalue weighted by atomic mass is 10.0. The lowest BCUT2D eigenvalue weighted by molar-refractivity contribution is 0.866. The van der Waals surface area contributed by atoms with E-state index in [1.165, 1.54) is 22.3 Å². The van der Waals surface area contributed by atoms with Crippen LogP contribution in [0.2, 0.25) is 0 Å². The molecule has 0 atom stereocenters. The van der Waals surface area contributed by atoms with E-state index in [0.717, 1.165) is 56.6 Å². The molecular formula is C56H58N4. The van der Waals surface area contributed by atoms with Crippen molar-refractivity contribution < 1.29 is 0 Å². The zero-order valence-corrected chi connectivity index (χ0v) is 36.4.